The van der Waals surface area contributed by atoms with Crippen LogP contribution in [0.3, 0.4) is 0 Å². The van der Waals surface area contributed by atoms with Crippen LogP contribution < -0.4 is 0 Å². The topological polar surface area (TPSA) is 108 Å². The number of unbranched alkanes of at least 4 members (excludes halogenated alkanes) is 40. The van der Waals surface area contributed by atoms with Crippen molar-refractivity contribution in [3.05, 3.63) is 36.5 Å². The molecule has 0 heterocycles. The molecule has 0 aliphatic carbocycles. The lowest BCUT2D eigenvalue weighted by Crippen LogP contribution is -2.40. The number of carbonyl (C=O) groups excluding carboxylic acids is 2. The van der Waals surface area contributed by atoms with Crippen LogP contribution in [-0.4, -0.2) is 87.4 Å². The van der Waals surface area contributed by atoms with Gasteiger partial charge in [-0.25, -0.2) is 4.79 Å². The fraction of sp³-hybridized carbons (Fsp3) is 0.866. The van der Waals surface area contributed by atoms with E-state index >= 15 is 0 Å². The number of aliphatic carboxylic acids is 1. The maximum Gasteiger partial charge on any atom is 0.361 e. The largest absolute Gasteiger partial charge is 0.477 e. The number of ether oxygens (including phenoxy) is 4. The van der Waals surface area contributed by atoms with Crippen molar-refractivity contribution in [3.8, 4) is 0 Å². The van der Waals surface area contributed by atoms with Gasteiger partial charge in [0.05, 0.1) is 34.4 Å². The second-order valence-electron chi connectivity index (χ2n) is 23.4. The number of nitrogens with zero attached hydrogens (tertiary/aromatic N) is 1. The SMILES string of the molecule is CC/C=C\C/C=C\C/C=C\CCCCCC(=O)OC(COC(=O)CCCCCCCCCCCCCCCCCCCCCCCCCCCCCCCCCCCCCCCC)COC(OCC[N+](C)(C)C)C(=O)O. The van der Waals surface area contributed by atoms with Gasteiger partial charge in [-0.3, -0.25) is 9.59 Å². The third-order valence-electron chi connectivity index (χ3n) is 14.7. The molecule has 446 valence electrons. The van der Waals surface area contributed by atoms with Crippen LogP contribution in [0.25, 0.3) is 0 Å². The van der Waals surface area contributed by atoms with Crippen LogP contribution in [0.4, 0.5) is 0 Å². The summed E-state index contributed by atoms with van der Waals surface area (Å²) in [5, 5.41) is 9.69. The number of hydrogen-bond donors (Lipinski definition) is 1. The molecule has 9 heteroatoms. The summed E-state index contributed by atoms with van der Waals surface area (Å²) in [5.41, 5.74) is 0. The van der Waals surface area contributed by atoms with Gasteiger partial charge in [-0.05, 0) is 44.9 Å². The molecular formula is C67H126NO8+. The first-order valence-electron chi connectivity index (χ1n) is 32.7. The molecule has 76 heavy (non-hydrogen) atoms. The average Bonchev–Trinajstić information content (AvgIpc) is 3.39. The molecule has 0 aromatic heterocycles. The van der Waals surface area contributed by atoms with Crippen LogP contribution >= 0.6 is 0 Å². The molecule has 0 amide bonds. The lowest BCUT2D eigenvalue weighted by molar-refractivity contribution is -0.870. The van der Waals surface area contributed by atoms with Gasteiger partial charge in [0.1, 0.15) is 13.2 Å². The molecule has 0 aliphatic rings. The van der Waals surface area contributed by atoms with Gasteiger partial charge in [-0.1, -0.05) is 294 Å². The Kier molecular flexibility index (Phi) is 56.7. The Hall–Kier alpha value is -2.49. The molecule has 9 nitrogen and oxygen atoms in total. The molecule has 0 saturated heterocycles. The summed E-state index contributed by atoms with van der Waals surface area (Å²) >= 11 is 0. The van der Waals surface area contributed by atoms with Crippen molar-refractivity contribution in [1.29, 1.82) is 0 Å². The predicted octanol–water partition coefficient (Wildman–Crippen LogP) is 19.6. The second kappa shape index (κ2) is 58.7. The number of hydrogen-bond acceptors (Lipinski definition) is 7. The van der Waals surface area contributed by atoms with Gasteiger partial charge < -0.3 is 28.5 Å². The van der Waals surface area contributed by atoms with E-state index in [1.165, 1.54) is 225 Å². The maximum atomic E-state index is 12.8. The third kappa shape index (κ3) is 59.2. The number of carboxylic acids is 1. The summed E-state index contributed by atoms with van der Waals surface area (Å²) in [7, 11) is 5.96. The molecule has 1 N–H and O–H groups in total. The molecule has 0 aromatic rings. The normalized spacial score (nSPS) is 12.9. The van der Waals surface area contributed by atoms with Crippen molar-refractivity contribution in [3.63, 3.8) is 0 Å². The minimum Gasteiger partial charge on any atom is -0.477 e. The number of allylic oxidation sites excluding steroid dienone is 6. The van der Waals surface area contributed by atoms with E-state index in [4.69, 9.17) is 18.9 Å². The lowest BCUT2D eigenvalue weighted by atomic mass is 10.0. The van der Waals surface area contributed by atoms with E-state index < -0.39 is 24.3 Å². The summed E-state index contributed by atoms with van der Waals surface area (Å²) in [4.78, 5) is 37.3. The monoisotopic (exact) mass is 1070 g/mol. The van der Waals surface area contributed by atoms with Gasteiger partial charge >= 0.3 is 17.9 Å². The van der Waals surface area contributed by atoms with E-state index in [0.29, 0.717) is 23.9 Å². The molecular weight excluding hydrogens is 947 g/mol. The summed E-state index contributed by atoms with van der Waals surface area (Å²) in [6.07, 6.45) is 70.1. The highest BCUT2D eigenvalue weighted by atomic mass is 16.7. The Balaban J connectivity index is 3.89. The molecule has 2 unspecified atom stereocenters. The van der Waals surface area contributed by atoms with Crippen molar-refractivity contribution in [2.45, 2.75) is 328 Å². The Bertz CT molecular complexity index is 1340. The van der Waals surface area contributed by atoms with Gasteiger partial charge in [0, 0.05) is 12.8 Å². The van der Waals surface area contributed by atoms with Crippen molar-refractivity contribution >= 4 is 17.9 Å². The van der Waals surface area contributed by atoms with Crippen LogP contribution in [0.2, 0.25) is 0 Å². The Morgan fingerprint density at radius 1 is 0.408 bits per heavy atom. The highest BCUT2D eigenvalue weighted by Gasteiger charge is 2.25. The Morgan fingerprint density at radius 2 is 0.750 bits per heavy atom. The first kappa shape index (κ1) is 73.5. The number of esters is 2. The molecule has 0 aliphatic heterocycles. The summed E-state index contributed by atoms with van der Waals surface area (Å²) in [6, 6.07) is 0. The minimum absolute atomic E-state index is 0.183. The highest BCUT2D eigenvalue weighted by Crippen LogP contribution is 2.19. The van der Waals surface area contributed by atoms with Crippen molar-refractivity contribution < 1.29 is 42.9 Å². The fourth-order valence-corrected chi connectivity index (χ4v) is 9.68. The van der Waals surface area contributed by atoms with Crippen molar-refractivity contribution in [1.82, 2.24) is 0 Å². The van der Waals surface area contributed by atoms with Crippen LogP contribution in [0.5, 0.6) is 0 Å². The van der Waals surface area contributed by atoms with Crippen LogP contribution in [0, 0.1) is 0 Å². The van der Waals surface area contributed by atoms with Gasteiger partial charge in [-0.2, -0.15) is 0 Å². The number of quaternary nitrogens is 1. The molecule has 0 rings (SSSR count). The van der Waals surface area contributed by atoms with Gasteiger partial charge in [-0.15, -0.1) is 0 Å². The van der Waals surface area contributed by atoms with E-state index in [9.17, 15) is 19.5 Å². The molecule has 0 saturated carbocycles. The smallest absolute Gasteiger partial charge is 0.361 e. The Morgan fingerprint density at radius 3 is 1.12 bits per heavy atom. The number of likely N-dealkylation sites (N-methyl/N-ethyl adjacent to an activating group) is 1. The molecule has 0 bridgehead atoms. The minimum atomic E-state index is -1.52. The zero-order valence-corrected chi connectivity index (χ0v) is 50.9. The lowest BCUT2D eigenvalue weighted by Gasteiger charge is -2.25. The van der Waals surface area contributed by atoms with Crippen LogP contribution in [0.1, 0.15) is 316 Å². The first-order valence-corrected chi connectivity index (χ1v) is 32.7. The summed E-state index contributed by atoms with van der Waals surface area (Å²) in [5.74, 6) is -2.03. The zero-order chi connectivity index (χ0) is 55.5. The number of rotatable bonds is 61. The van der Waals surface area contributed by atoms with E-state index in [2.05, 4.69) is 50.3 Å². The highest BCUT2D eigenvalue weighted by molar-refractivity contribution is 5.71. The molecule has 0 radical (unpaired) electrons. The number of carboxylic acid groups (broad SMARTS) is 1. The van der Waals surface area contributed by atoms with Crippen molar-refractivity contribution in [2.75, 3.05) is 47.5 Å². The van der Waals surface area contributed by atoms with Gasteiger partial charge in [0.15, 0.2) is 6.10 Å². The fourth-order valence-electron chi connectivity index (χ4n) is 9.68. The standard InChI is InChI=1S/C67H125NO8/c1-6-8-10-12-14-16-18-20-21-22-23-24-25-26-27-28-29-30-31-32-33-34-35-36-37-38-39-40-41-42-43-44-46-47-49-51-53-55-57-64(69)74-61-63(62-75-67(66(71)72)73-60-59-68(3,4)5)76-65(70)58-56-54-52-50-48-45-19-17-15-13-11-9-7-2/h9,11,15,17,45,48,63,67H,6-8,10,12-14,16,18-44,46-47,49-62H2,1-5H3/p+1/b11-9-,17-15-,48-45-. The summed E-state index contributed by atoms with van der Waals surface area (Å²) < 4.78 is 22.8. The summed E-state index contributed by atoms with van der Waals surface area (Å²) in [6.45, 7) is 4.76. The van der Waals surface area contributed by atoms with E-state index in [1.54, 1.807) is 0 Å². The van der Waals surface area contributed by atoms with E-state index in [-0.39, 0.29) is 32.2 Å². The molecule has 2 atom stereocenters. The molecule has 0 spiro atoms. The average molecular weight is 1070 g/mol. The van der Waals surface area contributed by atoms with E-state index in [0.717, 1.165) is 57.8 Å². The first-order chi connectivity index (χ1) is 37.1. The van der Waals surface area contributed by atoms with Crippen LogP contribution in [-0.2, 0) is 33.3 Å². The number of carbonyl (C=O) groups is 3. The zero-order valence-electron chi connectivity index (χ0n) is 50.9. The van der Waals surface area contributed by atoms with Gasteiger partial charge in [0.25, 0.3) is 6.29 Å². The third-order valence-corrected chi connectivity index (χ3v) is 14.7. The van der Waals surface area contributed by atoms with Crippen LogP contribution in [0.15, 0.2) is 36.5 Å². The molecule has 0 fully saturated rings. The van der Waals surface area contributed by atoms with Gasteiger partial charge in [0.2, 0.25) is 0 Å². The quantitative estimate of drug-likeness (QED) is 0.0211. The second-order valence-corrected chi connectivity index (χ2v) is 23.4. The van der Waals surface area contributed by atoms with Crippen molar-refractivity contribution in [2.24, 2.45) is 0 Å². The van der Waals surface area contributed by atoms with E-state index in [1.807, 2.05) is 21.1 Å². The Labute approximate surface area is 470 Å². The predicted molar refractivity (Wildman–Crippen MR) is 323 cm³/mol. The molecule has 0 aromatic carbocycles. The maximum absolute atomic E-state index is 12.8.